The zero-order valence-corrected chi connectivity index (χ0v) is 15.6. The number of nitrogens with zero attached hydrogens (tertiary/aromatic N) is 1. The first-order chi connectivity index (χ1) is 12.4. The Morgan fingerprint density at radius 2 is 1.88 bits per heavy atom. The first-order valence-electron chi connectivity index (χ1n) is 8.48. The molecule has 0 atom stereocenters. The van der Waals surface area contributed by atoms with Crippen LogP contribution >= 0.6 is 11.6 Å². The second-order valence-electron chi connectivity index (χ2n) is 6.06. The number of aryl methyl sites for hydroxylation is 1. The van der Waals surface area contributed by atoms with Crippen LogP contribution in [0, 0.1) is 12.7 Å². The van der Waals surface area contributed by atoms with Gasteiger partial charge in [-0.2, -0.15) is 0 Å². The SMILES string of the molecule is CCCN(CC(=O)Nc1ccccc1C)C(=O)Cc1c(F)cccc1Cl. The third kappa shape index (κ3) is 5.30. The van der Waals surface area contributed by atoms with Crippen molar-refractivity contribution < 1.29 is 14.0 Å². The first-order valence-corrected chi connectivity index (χ1v) is 8.86. The zero-order chi connectivity index (χ0) is 19.1. The van der Waals surface area contributed by atoms with E-state index in [0.717, 1.165) is 5.56 Å². The Balaban J connectivity index is 2.06. The molecular weight excluding hydrogens is 355 g/mol. The lowest BCUT2D eigenvalue weighted by Crippen LogP contribution is -2.39. The van der Waals surface area contributed by atoms with E-state index in [1.165, 1.54) is 17.0 Å². The number of carbonyl (C=O) groups excluding carboxylic acids is 2. The van der Waals surface area contributed by atoms with Gasteiger partial charge in [-0.3, -0.25) is 9.59 Å². The van der Waals surface area contributed by atoms with Crippen LogP contribution in [0.15, 0.2) is 42.5 Å². The highest BCUT2D eigenvalue weighted by Crippen LogP contribution is 2.20. The molecule has 0 unspecified atom stereocenters. The maximum atomic E-state index is 13.9. The van der Waals surface area contributed by atoms with Crippen LogP contribution in [-0.2, 0) is 16.0 Å². The van der Waals surface area contributed by atoms with Gasteiger partial charge in [-0.15, -0.1) is 0 Å². The van der Waals surface area contributed by atoms with Crippen LogP contribution < -0.4 is 5.32 Å². The predicted octanol–water partition coefficient (Wildman–Crippen LogP) is 4.21. The van der Waals surface area contributed by atoms with E-state index in [9.17, 15) is 14.0 Å². The number of para-hydroxylation sites is 1. The number of nitrogens with one attached hydrogen (secondary N) is 1. The molecule has 0 saturated heterocycles. The third-order valence-electron chi connectivity index (χ3n) is 3.99. The summed E-state index contributed by atoms with van der Waals surface area (Å²) in [5, 5.41) is 3.02. The average molecular weight is 377 g/mol. The van der Waals surface area contributed by atoms with Gasteiger partial charge in [0.05, 0.1) is 13.0 Å². The lowest BCUT2D eigenvalue weighted by Gasteiger charge is -2.22. The summed E-state index contributed by atoms with van der Waals surface area (Å²) < 4.78 is 13.9. The number of amides is 2. The Morgan fingerprint density at radius 1 is 1.15 bits per heavy atom. The van der Waals surface area contributed by atoms with Crippen molar-refractivity contribution >= 4 is 29.1 Å². The quantitative estimate of drug-likeness (QED) is 0.787. The van der Waals surface area contributed by atoms with Crippen LogP contribution in [0.5, 0.6) is 0 Å². The van der Waals surface area contributed by atoms with Gasteiger partial charge < -0.3 is 10.2 Å². The van der Waals surface area contributed by atoms with Crippen LogP contribution in [0.4, 0.5) is 10.1 Å². The summed E-state index contributed by atoms with van der Waals surface area (Å²) in [4.78, 5) is 26.3. The molecule has 4 nitrogen and oxygen atoms in total. The molecule has 2 rings (SSSR count). The van der Waals surface area contributed by atoms with E-state index >= 15 is 0 Å². The van der Waals surface area contributed by atoms with Crippen molar-refractivity contribution in [3.8, 4) is 0 Å². The number of benzene rings is 2. The van der Waals surface area contributed by atoms with Gasteiger partial charge in [-0.1, -0.05) is 42.8 Å². The van der Waals surface area contributed by atoms with E-state index in [4.69, 9.17) is 11.6 Å². The Hall–Kier alpha value is -2.40. The summed E-state index contributed by atoms with van der Waals surface area (Å²) in [5.74, 6) is -1.15. The van der Waals surface area contributed by atoms with E-state index in [1.54, 1.807) is 12.1 Å². The van der Waals surface area contributed by atoms with Crippen molar-refractivity contribution in [2.24, 2.45) is 0 Å². The summed E-state index contributed by atoms with van der Waals surface area (Å²) >= 11 is 6.00. The molecule has 26 heavy (non-hydrogen) atoms. The number of halogens is 2. The predicted molar refractivity (Wildman–Crippen MR) is 102 cm³/mol. The second kappa shape index (κ2) is 9.34. The van der Waals surface area contributed by atoms with Gasteiger partial charge in [0.15, 0.2) is 0 Å². The molecule has 0 aromatic heterocycles. The summed E-state index contributed by atoms with van der Waals surface area (Å²) in [5.41, 5.74) is 1.80. The Bertz CT molecular complexity index is 775. The fraction of sp³-hybridized carbons (Fsp3) is 0.300. The standard InChI is InChI=1S/C20H22ClFN2O2/c1-3-11-24(13-19(25)23-18-10-5-4-7-14(18)2)20(26)12-15-16(21)8-6-9-17(15)22/h4-10H,3,11-13H2,1-2H3,(H,23,25). The molecule has 2 aromatic rings. The van der Waals surface area contributed by atoms with E-state index in [1.807, 2.05) is 32.0 Å². The highest BCUT2D eigenvalue weighted by atomic mass is 35.5. The van der Waals surface area contributed by atoms with Gasteiger partial charge in [0, 0.05) is 22.8 Å². The molecule has 138 valence electrons. The molecule has 0 radical (unpaired) electrons. The minimum Gasteiger partial charge on any atom is -0.333 e. The molecule has 0 fully saturated rings. The number of hydrogen-bond donors (Lipinski definition) is 1. The number of hydrogen-bond acceptors (Lipinski definition) is 2. The molecule has 0 aliphatic rings. The van der Waals surface area contributed by atoms with E-state index < -0.39 is 5.82 Å². The van der Waals surface area contributed by atoms with Crippen molar-refractivity contribution in [2.75, 3.05) is 18.4 Å². The van der Waals surface area contributed by atoms with Gasteiger partial charge >= 0.3 is 0 Å². The van der Waals surface area contributed by atoms with Crippen LogP contribution in [0.25, 0.3) is 0 Å². The smallest absolute Gasteiger partial charge is 0.244 e. The van der Waals surface area contributed by atoms with Crippen molar-refractivity contribution in [1.29, 1.82) is 0 Å². The maximum absolute atomic E-state index is 13.9. The van der Waals surface area contributed by atoms with Crippen LogP contribution in [0.2, 0.25) is 5.02 Å². The normalized spacial score (nSPS) is 10.5. The highest BCUT2D eigenvalue weighted by molar-refractivity contribution is 6.31. The monoisotopic (exact) mass is 376 g/mol. The molecule has 0 aliphatic carbocycles. The fourth-order valence-corrected chi connectivity index (χ4v) is 2.83. The summed E-state index contributed by atoms with van der Waals surface area (Å²) in [7, 11) is 0. The van der Waals surface area contributed by atoms with Crippen molar-refractivity contribution in [2.45, 2.75) is 26.7 Å². The minimum absolute atomic E-state index is 0.0902. The molecule has 2 aromatic carbocycles. The van der Waals surface area contributed by atoms with Crippen molar-refractivity contribution in [3.63, 3.8) is 0 Å². The maximum Gasteiger partial charge on any atom is 0.244 e. The molecule has 0 bridgehead atoms. The van der Waals surface area contributed by atoms with Gasteiger partial charge in [-0.25, -0.2) is 4.39 Å². The van der Waals surface area contributed by atoms with Gasteiger partial charge in [-0.05, 0) is 37.1 Å². The number of anilines is 1. The highest BCUT2D eigenvalue weighted by Gasteiger charge is 2.20. The molecule has 6 heteroatoms. The lowest BCUT2D eigenvalue weighted by molar-refractivity contribution is -0.134. The van der Waals surface area contributed by atoms with Crippen LogP contribution in [-0.4, -0.2) is 29.8 Å². The molecule has 0 saturated carbocycles. The molecular formula is C20H22ClFN2O2. The Kier molecular flexibility index (Phi) is 7.16. The fourth-order valence-electron chi connectivity index (χ4n) is 2.60. The van der Waals surface area contributed by atoms with Crippen LogP contribution in [0.1, 0.15) is 24.5 Å². The Labute approximate surface area is 158 Å². The topological polar surface area (TPSA) is 49.4 Å². The largest absolute Gasteiger partial charge is 0.333 e. The molecule has 0 spiro atoms. The number of rotatable bonds is 7. The van der Waals surface area contributed by atoms with E-state index in [-0.39, 0.29) is 35.4 Å². The minimum atomic E-state index is -0.522. The van der Waals surface area contributed by atoms with Gasteiger partial charge in [0.25, 0.3) is 0 Å². The summed E-state index contributed by atoms with van der Waals surface area (Å²) in [6.45, 7) is 4.12. The van der Waals surface area contributed by atoms with Crippen molar-refractivity contribution in [3.05, 3.63) is 64.4 Å². The Morgan fingerprint density at radius 3 is 2.54 bits per heavy atom. The van der Waals surface area contributed by atoms with E-state index in [2.05, 4.69) is 5.32 Å². The molecule has 1 N–H and O–H groups in total. The third-order valence-corrected chi connectivity index (χ3v) is 4.34. The van der Waals surface area contributed by atoms with Crippen LogP contribution in [0.3, 0.4) is 0 Å². The average Bonchev–Trinajstić information content (AvgIpc) is 2.60. The second-order valence-corrected chi connectivity index (χ2v) is 6.46. The van der Waals surface area contributed by atoms with Gasteiger partial charge in [0.1, 0.15) is 5.82 Å². The molecule has 2 amide bonds. The zero-order valence-electron chi connectivity index (χ0n) is 14.9. The summed E-state index contributed by atoms with van der Waals surface area (Å²) in [6, 6.07) is 11.7. The molecule has 0 aliphatic heterocycles. The van der Waals surface area contributed by atoms with Crippen molar-refractivity contribution in [1.82, 2.24) is 4.90 Å². The summed E-state index contributed by atoms with van der Waals surface area (Å²) in [6.07, 6.45) is 0.511. The van der Waals surface area contributed by atoms with Gasteiger partial charge in [0.2, 0.25) is 11.8 Å². The lowest BCUT2D eigenvalue weighted by atomic mass is 10.1. The number of carbonyl (C=O) groups is 2. The first kappa shape index (κ1) is 19.9. The van der Waals surface area contributed by atoms with E-state index in [0.29, 0.717) is 18.7 Å². The molecule has 0 heterocycles.